The number of ether oxygens (including phenoxy) is 2. The molecule has 0 aromatic rings. The molecule has 0 aromatic carbocycles. The maximum atomic E-state index is 10.5. The monoisotopic (exact) mass is 230 g/mol. The molecule has 0 amide bonds. The van der Waals surface area contributed by atoms with Gasteiger partial charge in [-0.2, -0.15) is 0 Å². The van der Waals surface area contributed by atoms with Gasteiger partial charge in [-0.3, -0.25) is 0 Å². The van der Waals surface area contributed by atoms with Crippen molar-refractivity contribution in [2.75, 3.05) is 14.2 Å². The molecular weight excluding hydrogens is 204 g/mol. The van der Waals surface area contributed by atoms with Crippen molar-refractivity contribution in [3.63, 3.8) is 0 Å². The van der Waals surface area contributed by atoms with Gasteiger partial charge in [-0.1, -0.05) is 26.2 Å². The van der Waals surface area contributed by atoms with E-state index >= 15 is 0 Å². The number of methoxy groups -OCH3 is 2. The maximum absolute atomic E-state index is 10.5. The maximum Gasteiger partial charge on any atom is 0.185 e. The van der Waals surface area contributed by atoms with Gasteiger partial charge in [0.05, 0.1) is 0 Å². The Hall–Kier alpha value is -0.120. The van der Waals surface area contributed by atoms with Gasteiger partial charge < -0.3 is 14.6 Å². The van der Waals surface area contributed by atoms with Crippen LogP contribution in [-0.2, 0) is 9.47 Å². The molecule has 1 atom stereocenters. The zero-order chi connectivity index (χ0) is 12.2. The molecule has 0 bridgehead atoms. The molecule has 0 radical (unpaired) electrons. The minimum Gasteiger partial charge on any atom is -0.385 e. The highest BCUT2D eigenvalue weighted by atomic mass is 16.7. The van der Waals surface area contributed by atoms with Crippen molar-refractivity contribution in [2.45, 2.75) is 57.8 Å². The van der Waals surface area contributed by atoms with Crippen LogP contribution in [-0.4, -0.2) is 31.2 Å². The van der Waals surface area contributed by atoms with E-state index in [0.717, 1.165) is 18.8 Å². The highest BCUT2D eigenvalue weighted by Crippen LogP contribution is 2.38. The molecule has 16 heavy (non-hydrogen) atoms. The standard InChI is InChI=1S/C13H26O3/c1-5-10-6-8-11(9-7-10)13(2,14)12(15-3)16-4/h10-12,14H,5-9H2,1-4H3. The first-order valence-corrected chi connectivity index (χ1v) is 6.34. The van der Waals surface area contributed by atoms with Crippen molar-refractivity contribution in [2.24, 2.45) is 11.8 Å². The fourth-order valence-corrected chi connectivity index (χ4v) is 2.92. The zero-order valence-electron chi connectivity index (χ0n) is 11.0. The smallest absolute Gasteiger partial charge is 0.185 e. The van der Waals surface area contributed by atoms with E-state index in [1.165, 1.54) is 19.3 Å². The minimum absolute atomic E-state index is 0.292. The molecule has 1 fully saturated rings. The van der Waals surface area contributed by atoms with Crippen LogP contribution in [0.15, 0.2) is 0 Å². The Morgan fingerprint density at radius 1 is 1.19 bits per heavy atom. The molecule has 1 saturated carbocycles. The van der Waals surface area contributed by atoms with Gasteiger partial charge in [-0.05, 0) is 31.6 Å². The number of hydrogen-bond donors (Lipinski definition) is 1. The van der Waals surface area contributed by atoms with E-state index in [2.05, 4.69) is 6.92 Å². The molecule has 3 nitrogen and oxygen atoms in total. The third-order valence-electron chi connectivity index (χ3n) is 4.16. The minimum atomic E-state index is -0.873. The van der Waals surface area contributed by atoms with Crippen molar-refractivity contribution in [1.29, 1.82) is 0 Å². The van der Waals surface area contributed by atoms with Crippen molar-refractivity contribution in [3.8, 4) is 0 Å². The molecule has 1 unspecified atom stereocenters. The van der Waals surface area contributed by atoms with E-state index in [0.29, 0.717) is 5.92 Å². The summed E-state index contributed by atoms with van der Waals surface area (Å²) in [6.07, 6.45) is 5.33. The summed E-state index contributed by atoms with van der Waals surface area (Å²) >= 11 is 0. The van der Waals surface area contributed by atoms with E-state index in [4.69, 9.17) is 9.47 Å². The Labute approximate surface area is 99.1 Å². The van der Waals surface area contributed by atoms with E-state index in [-0.39, 0.29) is 0 Å². The number of hydrogen-bond acceptors (Lipinski definition) is 3. The average molecular weight is 230 g/mol. The summed E-state index contributed by atoms with van der Waals surface area (Å²) in [6, 6.07) is 0. The second-order valence-corrected chi connectivity index (χ2v) is 5.16. The van der Waals surface area contributed by atoms with Crippen molar-refractivity contribution >= 4 is 0 Å². The molecule has 3 heteroatoms. The fourth-order valence-electron chi connectivity index (χ4n) is 2.92. The summed E-state index contributed by atoms with van der Waals surface area (Å²) in [4.78, 5) is 0. The van der Waals surface area contributed by atoms with Gasteiger partial charge in [0.1, 0.15) is 5.60 Å². The molecular formula is C13H26O3. The molecule has 96 valence electrons. The molecule has 1 aliphatic rings. The van der Waals surface area contributed by atoms with Gasteiger partial charge in [-0.15, -0.1) is 0 Å². The van der Waals surface area contributed by atoms with E-state index in [1.807, 2.05) is 6.92 Å². The molecule has 0 spiro atoms. The highest BCUT2D eigenvalue weighted by molar-refractivity contribution is 4.88. The predicted molar refractivity (Wildman–Crippen MR) is 64.2 cm³/mol. The van der Waals surface area contributed by atoms with Gasteiger partial charge in [0, 0.05) is 14.2 Å². The third kappa shape index (κ3) is 2.96. The molecule has 0 aromatic heterocycles. The van der Waals surface area contributed by atoms with Crippen LogP contribution in [0.1, 0.15) is 46.0 Å². The van der Waals surface area contributed by atoms with Crippen LogP contribution in [0.25, 0.3) is 0 Å². The lowest BCUT2D eigenvalue weighted by Gasteiger charge is -2.41. The van der Waals surface area contributed by atoms with Gasteiger partial charge in [0.15, 0.2) is 6.29 Å². The largest absolute Gasteiger partial charge is 0.385 e. The first kappa shape index (κ1) is 13.9. The Balaban J connectivity index is 2.56. The van der Waals surface area contributed by atoms with Crippen molar-refractivity contribution < 1.29 is 14.6 Å². The SMILES string of the molecule is CCC1CCC(C(C)(O)C(OC)OC)CC1. The Morgan fingerprint density at radius 2 is 1.69 bits per heavy atom. The molecule has 1 N–H and O–H groups in total. The molecule has 0 heterocycles. The summed E-state index contributed by atoms with van der Waals surface area (Å²) in [5, 5.41) is 10.5. The highest BCUT2D eigenvalue weighted by Gasteiger charge is 2.41. The lowest BCUT2D eigenvalue weighted by atomic mass is 9.73. The predicted octanol–water partition coefficient (Wildman–Crippen LogP) is 2.57. The lowest BCUT2D eigenvalue weighted by Crippen LogP contribution is -2.49. The Kier molecular flexibility index (Phi) is 5.22. The van der Waals surface area contributed by atoms with Crippen LogP contribution in [0.5, 0.6) is 0 Å². The van der Waals surface area contributed by atoms with Gasteiger partial charge in [-0.25, -0.2) is 0 Å². The van der Waals surface area contributed by atoms with Crippen LogP contribution in [0.2, 0.25) is 0 Å². The number of rotatable bonds is 5. The van der Waals surface area contributed by atoms with Crippen LogP contribution in [0.3, 0.4) is 0 Å². The summed E-state index contributed by atoms with van der Waals surface area (Å²) in [5.41, 5.74) is -0.873. The summed E-state index contributed by atoms with van der Waals surface area (Å²) in [7, 11) is 3.17. The van der Waals surface area contributed by atoms with E-state index < -0.39 is 11.9 Å². The second kappa shape index (κ2) is 5.99. The van der Waals surface area contributed by atoms with Crippen LogP contribution in [0.4, 0.5) is 0 Å². The van der Waals surface area contributed by atoms with Crippen LogP contribution < -0.4 is 0 Å². The van der Waals surface area contributed by atoms with Crippen molar-refractivity contribution in [3.05, 3.63) is 0 Å². The summed E-state index contributed by atoms with van der Waals surface area (Å²) in [6.45, 7) is 4.08. The molecule has 1 aliphatic carbocycles. The van der Waals surface area contributed by atoms with Crippen molar-refractivity contribution in [1.82, 2.24) is 0 Å². The average Bonchev–Trinajstić information content (AvgIpc) is 2.30. The Bertz CT molecular complexity index is 191. The first-order valence-electron chi connectivity index (χ1n) is 6.34. The van der Waals surface area contributed by atoms with Crippen LogP contribution in [0, 0.1) is 11.8 Å². The zero-order valence-corrected chi connectivity index (χ0v) is 11.0. The van der Waals surface area contributed by atoms with Crippen LogP contribution >= 0.6 is 0 Å². The fraction of sp³-hybridized carbons (Fsp3) is 1.00. The lowest BCUT2D eigenvalue weighted by molar-refractivity contribution is -0.231. The summed E-state index contributed by atoms with van der Waals surface area (Å²) in [5.74, 6) is 1.13. The van der Waals surface area contributed by atoms with Gasteiger partial charge >= 0.3 is 0 Å². The van der Waals surface area contributed by atoms with E-state index in [9.17, 15) is 5.11 Å². The normalized spacial score (nSPS) is 30.4. The molecule has 0 aliphatic heterocycles. The van der Waals surface area contributed by atoms with E-state index in [1.54, 1.807) is 14.2 Å². The molecule has 0 saturated heterocycles. The topological polar surface area (TPSA) is 38.7 Å². The van der Waals surface area contributed by atoms with Gasteiger partial charge in [0.2, 0.25) is 0 Å². The number of aliphatic hydroxyl groups is 1. The Morgan fingerprint density at radius 3 is 2.06 bits per heavy atom. The second-order valence-electron chi connectivity index (χ2n) is 5.16. The van der Waals surface area contributed by atoms with Gasteiger partial charge in [0.25, 0.3) is 0 Å². The summed E-state index contributed by atoms with van der Waals surface area (Å²) < 4.78 is 10.4. The third-order valence-corrected chi connectivity index (χ3v) is 4.16. The quantitative estimate of drug-likeness (QED) is 0.738. The molecule has 1 rings (SSSR count). The first-order chi connectivity index (χ1) is 7.56.